The van der Waals surface area contributed by atoms with E-state index in [0.717, 1.165) is 16.7 Å². The molecular weight excluding hydrogens is 290 g/mol. The number of hydrazine groups is 1. The van der Waals surface area contributed by atoms with Crippen molar-refractivity contribution in [1.29, 1.82) is 0 Å². The van der Waals surface area contributed by atoms with Crippen molar-refractivity contribution in [2.24, 2.45) is 5.84 Å². The van der Waals surface area contributed by atoms with E-state index >= 15 is 0 Å². The average molecular weight is 305 g/mol. The predicted molar refractivity (Wildman–Crippen MR) is 89.2 cm³/mol. The topological polar surface area (TPSA) is 95.0 Å². The Labute approximate surface area is 133 Å². The molecule has 6 nitrogen and oxygen atoms in total. The number of aryl methyl sites for hydroxylation is 1. The maximum absolute atomic E-state index is 12.0. The minimum Gasteiger partial charge on any atom is -0.290 e. The summed E-state index contributed by atoms with van der Waals surface area (Å²) in [6.07, 6.45) is 8.35. The third kappa shape index (κ3) is 3.07. The number of aromatic nitrogens is 2. The van der Waals surface area contributed by atoms with Crippen LogP contribution in [0.1, 0.15) is 21.6 Å². The highest BCUT2D eigenvalue weighted by atomic mass is 16.2. The van der Waals surface area contributed by atoms with Gasteiger partial charge < -0.3 is 0 Å². The molecule has 1 amide bonds. The summed E-state index contributed by atoms with van der Waals surface area (Å²) >= 11 is 0. The Balaban J connectivity index is 2.13. The lowest BCUT2D eigenvalue weighted by Gasteiger charge is -2.10. The van der Waals surface area contributed by atoms with Crippen molar-refractivity contribution in [1.82, 2.24) is 20.4 Å². The summed E-state index contributed by atoms with van der Waals surface area (Å²) in [5.41, 5.74) is 5.76. The number of amides is 1. The van der Waals surface area contributed by atoms with Gasteiger partial charge in [-0.05, 0) is 6.92 Å². The molecule has 0 fully saturated rings. The second-order valence-corrected chi connectivity index (χ2v) is 5.03. The number of aliphatic imine (C=N–C) groups is 1. The highest BCUT2D eigenvalue weighted by Gasteiger charge is 2.18. The summed E-state index contributed by atoms with van der Waals surface area (Å²) in [5.74, 6) is 5.36. The molecule has 0 saturated carbocycles. The number of nitrogens with zero attached hydrogens (tertiary/aromatic N) is 3. The molecule has 0 saturated heterocycles. The van der Waals surface area contributed by atoms with Crippen LogP contribution in [0.2, 0.25) is 0 Å². The molecule has 0 spiro atoms. The normalized spacial score (nSPS) is 12.9. The maximum atomic E-state index is 12.0. The highest BCUT2D eigenvalue weighted by molar-refractivity contribution is 6.01. The van der Waals surface area contributed by atoms with Gasteiger partial charge in [-0.2, -0.15) is 0 Å². The first-order valence-electron chi connectivity index (χ1n) is 7.04. The molecule has 0 bridgehead atoms. The Hall–Kier alpha value is -3.12. The predicted octanol–water partition coefficient (Wildman–Crippen LogP) is 1.37. The standard InChI is InChI=1S/C17H15N5O/c1-11-2-4-13(5-3-11)16-20-10-14(17(23)22-18)15(21-16)12-6-8-19-9-7-12/h2-10H,18H2,1H3,(H,22,23)/q+1. The molecule has 23 heavy (non-hydrogen) atoms. The second kappa shape index (κ2) is 6.33. The van der Waals surface area contributed by atoms with E-state index in [4.69, 9.17) is 5.84 Å². The van der Waals surface area contributed by atoms with E-state index in [1.807, 2.05) is 31.2 Å². The van der Waals surface area contributed by atoms with Gasteiger partial charge in [0.05, 0.1) is 16.2 Å². The van der Waals surface area contributed by atoms with E-state index < -0.39 is 5.91 Å². The van der Waals surface area contributed by atoms with Crippen molar-refractivity contribution in [3.05, 3.63) is 65.6 Å². The zero-order valence-electron chi connectivity index (χ0n) is 12.5. The average Bonchev–Trinajstić information content (AvgIpc) is 2.62. The number of hydrogen-bond acceptors (Lipinski definition) is 5. The number of nitrogen functional groups attached to an aromatic ring is 1. The fourth-order valence-electron chi connectivity index (χ4n) is 2.20. The molecule has 1 radical (unpaired) electrons. The molecule has 0 aliphatic carbocycles. The van der Waals surface area contributed by atoms with E-state index in [9.17, 15) is 4.79 Å². The quantitative estimate of drug-likeness (QED) is 0.508. The fourth-order valence-corrected chi connectivity index (χ4v) is 2.20. The number of allylic oxidation sites excluding steroid dienone is 3. The number of benzene rings is 1. The number of rotatable bonds is 3. The Morgan fingerprint density at radius 3 is 2.70 bits per heavy atom. The minimum absolute atomic E-state index is 0.314. The Morgan fingerprint density at radius 2 is 2.04 bits per heavy atom. The Morgan fingerprint density at radius 1 is 1.26 bits per heavy atom. The number of hydrogen-bond donors (Lipinski definition) is 2. The maximum Gasteiger partial charge on any atom is 0.268 e. The van der Waals surface area contributed by atoms with Gasteiger partial charge in [-0.1, -0.05) is 29.8 Å². The summed E-state index contributed by atoms with van der Waals surface area (Å²) < 4.78 is 0. The molecule has 1 aromatic heterocycles. The van der Waals surface area contributed by atoms with Crippen LogP contribution in [0.15, 0.2) is 48.8 Å². The van der Waals surface area contributed by atoms with Gasteiger partial charge in [0.25, 0.3) is 5.91 Å². The largest absolute Gasteiger partial charge is 0.290 e. The summed E-state index contributed by atoms with van der Waals surface area (Å²) in [7, 11) is 0. The zero-order valence-corrected chi connectivity index (χ0v) is 12.5. The summed E-state index contributed by atoms with van der Waals surface area (Å²) in [6, 6.07) is 7.88. The summed E-state index contributed by atoms with van der Waals surface area (Å²) in [4.78, 5) is 24.8. The van der Waals surface area contributed by atoms with Crippen LogP contribution in [0, 0.1) is 6.92 Å². The molecule has 113 valence electrons. The minimum atomic E-state index is -0.438. The van der Waals surface area contributed by atoms with Crippen LogP contribution in [0.3, 0.4) is 0 Å². The van der Waals surface area contributed by atoms with Crippen molar-refractivity contribution in [2.45, 2.75) is 6.92 Å². The highest BCUT2D eigenvalue weighted by Crippen LogP contribution is 2.23. The number of nitrogens with one attached hydrogen (secondary N) is 1. The fraction of sp³-hybridized carbons (Fsp3) is 0.0588. The Bertz CT molecular complexity index is 835. The van der Waals surface area contributed by atoms with Gasteiger partial charge in [0.1, 0.15) is 0 Å². The van der Waals surface area contributed by atoms with Crippen LogP contribution in [0.4, 0.5) is 0 Å². The lowest BCUT2D eigenvalue weighted by Crippen LogP contribution is -2.31. The van der Waals surface area contributed by atoms with Crippen LogP contribution < -0.4 is 16.3 Å². The first-order valence-corrected chi connectivity index (χ1v) is 7.04. The molecule has 1 aromatic carbocycles. The lowest BCUT2D eigenvalue weighted by molar-refractivity contribution is 0.0952. The van der Waals surface area contributed by atoms with Gasteiger partial charge in [-0.25, -0.2) is 15.8 Å². The van der Waals surface area contributed by atoms with Gasteiger partial charge in [-0.15, -0.1) is 0 Å². The van der Waals surface area contributed by atoms with Crippen molar-refractivity contribution >= 4 is 17.7 Å². The van der Waals surface area contributed by atoms with Crippen LogP contribution in [0.25, 0.3) is 17.0 Å². The first kappa shape index (κ1) is 14.8. The Kier molecular flexibility index (Phi) is 4.07. The van der Waals surface area contributed by atoms with Crippen molar-refractivity contribution in [3.8, 4) is 11.4 Å². The van der Waals surface area contributed by atoms with Crippen molar-refractivity contribution < 1.29 is 4.79 Å². The third-order valence-electron chi connectivity index (χ3n) is 3.43. The van der Waals surface area contributed by atoms with E-state index in [0.29, 0.717) is 17.1 Å². The number of carbonyl (C=O) groups is 1. The SMILES string of the molecule is Cc1ccc(-c2ncc(C(=O)NN)c(C3=CC=[N+]C=C3)n2)cc1. The molecule has 3 N–H and O–H groups in total. The number of nitrogens with two attached hydrogens (primary N) is 1. The van der Waals surface area contributed by atoms with Crippen LogP contribution in [-0.4, -0.2) is 22.1 Å². The van der Waals surface area contributed by atoms with E-state index in [1.54, 1.807) is 24.6 Å². The van der Waals surface area contributed by atoms with Crippen molar-refractivity contribution in [2.75, 3.05) is 0 Å². The molecule has 6 heteroatoms. The van der Waals surface area contributed by atoms with E-state index in [1.165, 1.54) is 6.20 Å². The van der Waals surface area contributed by atoms with E-state index in [2.05, 4.69) is 20.4 Å². The molecule has 1 aliphatic rings. The van der Waals surface area contributed by atoms with Gasteiger partial charge in [0, 0.05) is 29.5 Å². The van der Waals surface area contributed by atoms with E-state index in [-0.39, 0.29) is 0 Å². The molecule has 3 rings (SSSR count). The summed E-state index contributed by atoms with van der Waals surface area (Å²) in [5, 5.41) is 0. The van der Waals surface area contributed by atoms with Crippen LogP contribution >= 0.6 is 0 Å². The summed E-state index contributed by atoms with van der Waals surface area (Å²) in [6.45, 7) is 2.02. The van der Waals surface area contributed by atoms with Gasteiger partial charge >= 0.3 is 0 Å². The smallest absolute Gasteiger partial charge is 0.268 e. The molecular formula is C17H15N5O+. The molecule has 1 aliphatic heterocycles. The van der Waals surface area contributed by atoms with Crippen molar-refractivity contribution in [3.63, 3.8) is 0 Å². The third-order valence-corrected chi connectivity index (χ3v) is 3.43. The van der Waals surface area contributed by atoms with Crippen LogP contribution in [0.5, 0.6) is 0 Å². The number of carbonyl (C=O) groups excluding carboxylic acids is 1. The molecule has 2 heterocycles. The van der Waals surface area contributed by atoms with Gasteiger partial charge in [0.15, 0.2) is 5.82 Å². The van der Waals surface area contributed by atoms with Gasteiger partial charge in [-0.3, -0.25) is 10.2 Å². The second-order valence-electron chi connectivity index (χ2n) is 5.03. The molecule has 0 atom stereocenters. The monoisotopic (exact) mass is 305 g/mol. The van der Waals surface area contributed by atoms with Gasteiger partial charge in [0.2, 0.25) is 12.4 Å². The van der Waals surface area contributed by atoms with Crippen LogP contribution in [-0.2, 0) is 0 Å². The molecule has 0 unspecified atom stereocenters. The zero-order chi connectivity index (χ0) is 16.2. The lowest BCUT2D eigenvalue weighted by atomic mass is 10.0. The molecule has 2 aromatic rings. The first-order chi connectivity index (χ1) is 11.2.